The highest BCUT2D eigenvalue weighted by molar-refractivity contribution is 5.70. The van der Waals surface area contributed by atoms with Crippen LogP contribution in [0, 0.1) is 0 Å². The predicted octanol–water partition coefficient (Wildman–Crippen LogP) is 2.51. The Kier molecular flexibility index (Phi) is 3.75. The standard InChI is InChI=1S/C14H18O4/c1-9-11(5-7-14(15)18-9)10-4-6-12(16-2)13(8-10)17-3/h4,6,8-9,11H,5,7H2,1-3H3/t9-,11+/m0/s1. The fourth-order valence-electron chi connectivity index (χ4n) is 2.38. The van der Waals surface area contributed by atoms with E-state index in [1.807, 2.05) is 25.1 Å². The van der Waals surface area contributed by atoms with Gasteiger partial charge in [0.1, 0.15) is 6.10 Å². The molecule has 0 amide bonds. The SMILES string of the molecule is COc1ccc([C@@H]2CCC(=O)O[C@H]2C)cc1OC. The van der Waals surface area contributed by atoms with Crippen molar-refractivity contribution in [1.82, 2.24) is 0 Å². The molecule has 0 aromatic heterocycles. The first-order chi connectivity index (χ1) is 8.65. The van der Waals surface area contributed by atoms with E-state index in [1.54, 1.807) is 14.2 Å². The fourth-order valence-corrected chi connectivity index (χ4v) is 2.38. The van der Waals surface area contributed by atoms with Gasteiger partial charge < -0.3 is 14.2 Å². The summed E-state index contributed by atoms with van der Waals surface area (Å²) in [4.78, 5) is 11.2. The molecule has 0 saturated carbocycles. The smallest absolute Gasteiger partial charge is 0.306 e. The molecule has 4 heteroatoms. The van der Waals surface area contributed by atoms with Gasteiger partial charge >= 0.3 is 5.97 Å². The average Bonchev–Trinajstić information content (AvgIpc) is 2.38. The Hall–Kier alpha value is -1.71. The van der Waals surface area contributed by atoms with Crippen LogP contribution in [0.4, 0.5) is 0 Å². The molecule has 0 N–H and O–H groups in total. The highest BCUT2D eigenvalue weighted by Crippen LogP contribution is 2.36. The van der Waals surface area contributed by atoms with E-state index in [4.69, 9.17) is 14.2 Å². The van der Waals surface area contributed by atoms with E-state index in [0.29, 0.717) is 17.9 Å². The number of hydrogen-bond acceptors (Lipinski definition) is 4. The van der Waals surface area contributed by atoms with Crippen molar-refractivity contribution in [3.63, 3.8) is 0 Å². The maximum atomic E-state index is 11.2. The quantitative estimate of drug-likeness (QED) is 0.773. The van der Waals surface area contributed by atoms with Crippen molar-refractivity contribution in [2.24, 2.45) is 0 Å². The molecule has 4 nitrogen and oxygen atoms in total. The first-order valence-electron chi connectivity index (χ1n) is 6.07. The highest BCUT2D eigenvalue weighted by atomic mass is 16.5. The minimum absolute atomic E-state index is 0.0932. The van der Waals surface area contributed by atoms with Gasteiger partial charge in [0.2, 0.25) is 0 Å². The Morgan fingerprint density at radius 2 is 1.94 bits per heavy atom. The van der Waals surface area contributed by atoms with Gasteiger partial charge in [0.05, 0.1) is 14.2 Å². The first kappa shape index (κ1) is 12.7. The van der Waals surface area contributed by atoms with E-state index >= 15 is 0 Å². The van der Waals surface area contributed by atoms with Gasteiger partial charge in [0.15, 0.2) is 11.5 Å². The molecule has 1 saturated heterocycles. The van der Waals surface area contributed by atoms with Crippen LogP contribution in [0.1, 0.15) is 31.2 Å². The van der Waals surface area contributed by atoms with Crippen molar-refractivity contribution in [3.05, 3.63) is 23.8 Å². The second-order valence-corrected chi connectivity index (χ2v) is 4.45. The Morgan fingerprint density at radius 3 is 2.56 bits per heavy atom. The van der Waals surface area contributed by atoms with Crippen molar-refractivity contribution in [1.29, 1.82) is 0 Å². The zero-order chi connectivity index (χ0) is 13.1. The number of cyclic esters (lactones) is 1. The second kappa shape index (κ2) is 5.29. The third kappa shape index (κ3) is 2.42. The Bertz CT molecular complexity index is 441. The molecule has 1 heterocycles. The molecule has 0 aliphatic carbocycles. The van der Waals surface area contributed by atoms with Crippen molar-refractivity contribution in [3.8, 4) is 11.5 Å². The van der Waals surface area contributed by atoms with E-state index in [1.165, 1.54) is 0 Å². The summed E-state index contributed by atoms with van der Waals surface area (Å²) in [6.07, 6.45) is 1.20. The van der Waals surface area contributed by atoms with Gasteiger partial charge in [-0.15, -0.1) is 0 Å². The van der Waals surface area contributed by atoms with E-state index in [2.05, 4.69) is 0 Å². The molecular formula is C14H18O4. The predicted molar refractivity (Wildman–Crippen MR) is 67.1 cm³/mol. The summed E-state index contributed by atoms with van der Waals surface area (Å²) in [6, 6.07) is 5.85. The van der Waals surface area contributed by atoms with Crippen LogP contribution >= 0.6 is 0 Å². The highest BCUT2D eigenvalue weighted by Gasteiger charge is 2.29. The lowest BCUT2D eigenvalue weighted by Crippen LogP contribution is -2.28. The van der Waals surface area contributed by atoms with Crippen LogP contribution in [0.2, 0.25) is 0 Å². The van der Waals surface area contributed by atoms with Gasteiger partial charge in [-0.2, -0.15) is 0 Å². The number of esters is 1. The topological polar surface area (TPSA) is 44.8 Å². The Labute approximate surface area is 107 Å². The monoisotopic (exact) mass is 250 g/mol. The summed E-state index contributed by atoms with van der Waals surface area (Å²) >= 11 is 0. The zero-order valence-electron chi connectivity index (χ0n) is 10.9. The molecular weight excluding hydrogens is 232 g/mol. The number of carbonyl (C=O) groups excluding carboxylic acids is 1. The van der Waals surface area contributed by atoms with Gasteiger partial charge in [0, 0.05) is 12.3 Å². The minimum atomic E-state index is -0.112. The Balaban J connectivity index is 2.25. The van der Waals surface area contributed by atoms with Crippen molar-refractivity contribution >= 4 is 5.97 Å². The van der Waals surface area contributed by atoms with Crippen LogP contribution in [-0.2, 0) is 9.53 Å². The second-order valence-electron chi connectivity index (χ2n) is 4.45. The molecule has 1 aliphatic heterocycles. The first-order valence-corrected chi connectivity index (χ1v) is 6.07. The number of hydrogen-bond donors (Lipinski definition) is 0. The molecule has 1 aromatic rings. The summed E-state index contributed by atoms with van der Waals surface area (Å²) in [7, 11) is 3.23. The Morgan fingerprint density at radius 1 is 1.22 bits per heavy atom. The minimum Gasteiger partial charge on any atom is -0.493 e. The van der Waals surface area contributed by atoms with Gasteiger partial charge in [-0.1, -0.05) is 6.07 Å². The third-order valence-corrected chi connectivity index (χ3v) is 3.38. The summed E-state index contributed by atoms with van der Waals surface area (Å²) in [5.74, 6) is 1.53. The maximum Gasteiger partial charge on any atom is 0.306 e. The van der Waals surface area contributed by atoms with Crippen LogP contribution in [0.5, 0.6) is 11.5 Å². The molecule has 0 radical (unpaired) electrons. The van der Waals surface area contributed by atoms with Crippen LogP contribution in [-0.4, -0.2) is 26.3 Å². The molecule has 1 aliphatic rings. The van der Waals surface area contributed by atoms with E-state index in [9.17, 15) is 4.79 Å². The summed E-state index contributed by atoms with van der Waals surface area (Å²) < 4.78 is 15.8. The van der Waals surface area contributed by atoms with Crippen molar-refractivity contribution in [2.45, 2.75) is 31.8 Å². The molecule has 2 atom stereocenters. The average molecular weight is 250 g/mol. The molecule has 0 unspecified atom stereocenters. The molecule has 1 aromatic carbocycles. The fraction of sp³-hybridized carbons (Fsp3) is 0.500. The number of ether oxygens (including phenoxy) is 3. The number of methoxy groups -OCH3 is 2. The van der Waals surface area contributed by atoms with Crippen LogP contribution in [0.3, 0.4) is 0 Å². The maximum absolute atomic E-state index is 11.2. The van der Waals surface area contributed by atoms with E-state index in [0.717, 1.165) is 12.0 Å². The van der Waals surface area contributed by atoms with Gasteiger partial charge in [0.25, 0.3) is 0 Å². The van der Waals surface area contributed by atoms with Gasteiger partial charge in [-0.25, -0.2) is 0 Å². The van der Waals surface area contributed by atoms with Crippen LogP contribution < -0.4 is 9.47 Å². The normalized spacial score (nSPS) is 23.4. The van der Waals surface area contributed by atoms with E-state index < -0.39 is 0 Å². The number of rotatable bonds is 3. The number of benzene rings is 1. The molecule has 18 heavy (non-hydrogen) atoms. The van der Waals surface area contributed by atoms with E-state index in [-0.39, 0.29) is 18.0 Å². The van der Waals surface area contributed by atoms with Crippen LogP contribution in [0.15, 0.2) is 18.2 Å². The molecule has 98 valence electrons. The lowest BCUT2D eigenvalue weighted by Gasteiger charge is -2.29. The van der Waals surface area contributed by atoms with Crippen LogP contribution in [0.25, 0.3) is 0 Å². The summed E-state index contributed by atoms with van der Waals surface area (Å²) in [5.41, 5.74) is 1.12. The lowest BCUT2D eigenvalue weighted by molar-refractivity contribution is -0.154. The van der Waals surface area contributed by atoms with Gasteiger partial charge in [-0.3, -0.25) is 4.79 Å². The molecule has 0 bridgehead atoms. The zero-order valence-corrected chi connectivity index (χ0v) is 10.9. The largest absolute Gasteiger partial charge is 0.493 e. The molecule has 2 rings (SSSR count). The molecule has 1 fully saturated rings. The lowest BCUT2D eigenvalue weighted by atomic mass is 9.88. The number of carbonyl (C=O) groups is 1. The van der Waals surface area contributed by atoms with Crippen molar-refractivity contribution in [2.75, 3.05) is 14.2 Å². The summed E-state index contributed by atoms with van der Waals surface area (Å²) in [5, 5.41) is 0. The summed E-state index contributed by atoms with van der Waals surface area (Å²) in [6.45, 7) is 1.93. The van der Waals surface area contributed by atoms with Crippen molar-refractivity contribution < 1.29 is 19.0 Å². The molecule has 0 spiro atoms. The van der Waals surface area contributed by atoms with Gasteiger partial charge in [-0.05, 0) is 31.0 Å². The third-order valence-electron chi connectivity index (χ3n) is 3.38.